The molecule has 0 aliphatic carbocycles. The van der Waals surface area contributed by atoms with E-state index in [-0.39, 0.29) is 0 Å². The minimum atomic E-state index is -5.84. The van der Waals surface area contributed by atoms with E-state index in [0.717, 1.165) is 12.8 Å². The van der Waals surface area contributed by atoms with Crippen molar-refractivity contribution in [3.8, 4) is 0 Å². The summed E-state index contributed by atoms with van der Waals surface area (Å²) in [6, 6.07) is 0. The fraction of sp³-hybridized carbons (Fsp3) is 1.00. The molecule has 0 aromatic rings. The molecule has 0 saturated carbocycles. The number of halogens is 3. The molecule has 1 heterocycles. The lowest BCUT2D eigenvalue weighted by atomic mass is 10.4. The molecule has 1 fully saturated rings. The Bertz CT molecular complexity index is 381. The Balaban J connectivity index is 0.000000262. The van der Waals surface area contributed by atoms with Crippen LogP contribution in [-0.2, 0) is 20.0 Å². The summed E-state index contributed by atoms with van der Waals surface area (Å²) in [7, 11) is -8.39. The Kier molecular flexibility index (Phi) is 4.55. The summed E-state index contributed by atoms with van der Waals surface area (Å²) in [6.07, 6.45) is 1.75. The number of rotatable bonds is 0. The first-order chi connectivity index (χ1) is 6.46. The van der Waals surface area contributed by atoms with Crippen LogP contribution in [0.1, 0.15) is 12.8 Å². The Labute approximate surface area is 84.9 Å². The Morgan fingerprint density at radius 2 is 1.33 bits per heavy atom. The van der Waals surface area contributed by atoms with Gasteiger partial charge < -0.3 is 0 Å². The normalized spacial score (nSPS) is 20.5. The molecule has 0 amide bonds. The van der Waals surface area contributed by atoms with Crippen LogP contribution in [-0.4, -0.2) is 38.4 Å². The predicted octanol–water partition coefficient (Wildman–Crippen LogP) is 0.589. The van der Waals surface area contributed by atoms with Crippen molar-refractivity contribution in [2.24, 2.45) is 0 Å². The first kappa shape index (κ1) is 14.6. The van der Waals surface area contributed by atoms with Crippen molar-refractivity contribution in [1.29, 1.82) is 0 Å². The van der Waals surface area contributed by atoms with Gasteiger partial charge in [0.2, 0.25) is 0 Å². The van der Waals surface area contributed by atoms with Gasteiger partial charge in [0.1, 0.15) is 9.84 Å². The van der Waals surface area contributed by atoms with Gasteiger partial charge in [-0.15, -0.1) is 0 Å². The average molecular weight is 270 g/mol. The summed E-state index contributed by atoms with van der Waals surface area (Å²) in [4.78, 5) is 0. The highest BCUT2D eigenvalue weighted by molar-refractivity contribution is 7.91. The van der Waals surface area contributed by atoms with Crippen molar-refractivity contribution in [3.05, 3.63) is 0 Å². The largest absolute Gasteiger partial charge is 0.522 e. The number of hydrogen-bond acceptors (Lipinski definition) is 4. The molecule has 1 N–H and O–H groups in total. The van der Waals surface area contributed by atoms with Crippen LogP contribution in [0.25, 0.3) is 0 Å². The van der Waals surface area contributed by atoms with E-state index in [4.69, 9.17) is 13.0 Å². The zero-order valence-electron chi connectivity index (χ0n) is 7.36. The second kappa shape index (κ2) is 4.66. The molecule has 1 saturated heterocycles. The third kappa shape index (κ3) is 5.95. The predicted molar refractivity (Wildman–Crippen MR) is 45.5 cm³/mol. The first-order valence-electron chi connectivity index (χ1n) is 3.70. The summed E-state index contributed by atoms with van der Waals surface area (Å²) in [5.74, 6) is 0.847. The fourth-order valence-corrected chi connectivity index (χ4v) is 2.24. The van der Waals surface area contributed by atoms with Crippen molar-refractivity contribution in [1.82, 2.24) is 0 Å². The molecule has 0 unspecified atom stereocenters. The van der Waals surface area contributed by atoms with Crippen LogP contribution in [0, 0.1) is 0 Å². The zero-order chi connectivity index (χ0) is 12.3. The van der Waals surface area contributed by atoms with Gasteiger partial charge in [0, 0.05) is 0 Å². The lowest BCUT2D eigenvalue weighted by molar-refractivity contribution is -0.0510. The SMILES string of the molecule is O=S(=O)(O)C(F)(F)F.O=S1(=O)CCCC1. The average Bonchev–Trinajstić information content (AvgIpc) is 2.30. The maximum atomic E-state index is 10.7. The third-order valence-corrected chi connectivity index (χ3v) is 3.86. The number of hydrogen-bond donors (Lipinski definition) is 1. The van der Waals surface area contributed by atoms with E-state index in [0.29, 0.717) is 11.5 Å². The van der Waals surface area contributed by atoms with E-state index >= 15 is 0 Å². The number of alkyl halides is 3. The van der Waals surface area contributed by atoms with Gasteiger partial charge in [-0.05, 0) is 12.8 Å². The summed E-state index contributed by atoms with van der Waals surface area (Å²) in [6.45, 7) is 0. The molecule has 0 aromatic carbocycles. The van der Waals surface area contributed by atoms with Crippen LogP contribution < -0.4 is 0 Å². The molecule has 0 aromatic heterocycles. The van der Waals surface area contributed by atoms with Gasteiger partial charge in [0.25, 0.3) is 0 Å². The molecule has 10 heteroatoms. The quantitative estimate of drug-likeness (QED) is 0.514. The van der Waals surface area contributed by atoms with E-state index in [1.54, 1.807) is 0 Å². The van der Waals surface area contributed by atoms with Crippen molar-refractivity contribution >= 4 is 20.0 Å². The van der Waals surface area contributed by atoms with Crippen LogP contribution >= 0.6 is 0 Å². The summed E-state index contributed by atoms with van der Waals surface area (Å²) in [5, 5.41) is 0. The van der Waals surface area contributed by atoms with Gasteiger partial charge >= 0.3 is 15.6 Å². The van der Waals surface area contributed by atoms with Crippen molar-refractivity contribution in [2.75, 3.05) is 11.5 Å². The van der Waals surface area contributed by atoms with E-state index in [2.05, 4.69) is 0 Å². The minimum Gasteiger partial charge on any atom is -0.279 e. The summed E-state index contributed by atoms with van der Waals surface area (Å²) >= 11 is 0. The van der Waals surface area contributed by atoms with Gasteiger partial charge in [-0.1, -0.05) is 0 Å². The first-order valence-corrected chi connectivity index (χ1v) is 6.96. The molecule has 5 nitrogen and oxygen atoms in total. The zero-order valence-corrected chi connectivity index (χ0v) is 8.99. The van der Waals surface area contributed by atoms with Crippen LogP contribution in [0.4, 0.5) is 13.2 Å². The second-order valence-electron chi connectivity index (χ2n) is 2.78. The lowest BCUT2D eigenvalue weighted by Crippen LogP contribution is -2.21. The van der Waals surface area contributed by atoms with Gasteiger partial charge in [-0.3, -0.25) is 4.55 Å². The van der Waals surface area contributed by atoms with E-state index in [1.165, 1.54) is 0 Å². The molecule has 92 valence electrons. The molecule has 0 spiro atoms. The lowest BCUT2D eigenvalue weighted by Gasteiger charge is -1.97. The molecule has 1 aliphatic rings. The molecule has 15 heavy (non-hydrogen) atoms. The van der Waals surface area contributed by atoms with Crippen LogP contribution in [0.15, 0.2) is 0 Å². The van der Waals surface area contributed by atoms with Crippen LogP contribution in [0.3, 0.4) is 0 Å². The van der Waals surface area contributed by atoms with Crippen molar-refractivity contribution in [3.63, 3.8) is 0 Å². The Morgan fingerprint density at radius 3 is 1.40 bits per heavy atom. The van der Waals surface area contributed by atoms with E-state index in [1.807, 2.05) is 0 Å². The van der Waals surface area contributed by atoms with Crippen molar-refractivity contribution in [2.45, 2.75) is 18.3 Å². The minimum absolute atomic E-state index is 0.424. The van der Waals surface area contributed by atoms with Gasteiger partial charge in [0.05, 0.1) is 11.5 Å². The van der Waals surface area contributed by atoms with E-state index < -0.39 is 25.5 Å². The van der Waals surface area contributed by atoms with Crippen molar-refractivity contribution < 1.29 is 34.6 Å². The smallest absolute Gasteiger partial charge is 0.279 e. The fourth-order valence-electron chi connectivity index (χ4n) is 0.746. The third-order valence-electron chi connectivity index (χ3n) is 1.45. The standard InChI is InChI=1S/C4H8O2S.CHF3O3S/c5-7(6)3-1-2-4-7;2-1(3,4)8(5,6)7/h1-4H2;(H,5,6,7). The maximum Gasteiger partial charge on any atom is 0.522 e. The monoisotopic (exact) mass is 270 g/mol. The topological polar surface area (TPSA) is 88.5 Å². The molecular weight excluding hydrogens is 261 g/mol. The molecule has 1 rings (SSSR count). The highest BCUT2D eigenvalue weighted by Gasteiger charge is 2.44. The summed E-state index contributed by atoms with van der Waals surface area (Å²) < 4.78 is 78.4. The number of sulfone groups is 1. The van der Waals surface area contributed by atoms with Gasteiger partial charge in [0.15, 0.2) is 0 Å². The molecule has 0 atom stereocenters. The Morgan fingerprint density at radius 1 is 1.07 bits per heavy atom. The van der Waals surface area contributed by atoms with Crippen LogP contribution in [0.2, 0.25) is 0 Å². The summed E-state index contributed by atoms with van der Waals surface area (Å²) in [5.41, 5.74) is -5.53. The highest BCUT2D eigenvalue weighted by Crippen LogP contribution is 2.20. The molecule has 0 radical (unpaired) electrons. The Hall–Kier alpha value is -0.350. The molecule has 0 bridgehead atoms. The second-order valence-corrected chi connectivity index (χ2v) is 6.50. The molecule has 1 aliphatic heterocycles. The van der Waals surface area contributed by atoms with Gasteiger partial charge in [-0.2, -0.15) is 21.6 Å². The maximum absolute atomic E-state index is 10.7. The highest BCUT2D eigenvalue weighted by atomic mass is 32.2. The van der Waals surface area contributed by atoms with Gasteiger partial charge in [-0.25, -0.2) is 8.42 Å². The van der Waals surface area contributed by atoms with E-state index in [9.17, 15) is 21.6 Å². The molecular formula is C5H9F3O5S2. The van der Waals surface area contributed by atoms with Crippen LogP contribution in [0.5, 0.6) is 0 Å².